The Hall–Kier alpha value is -5.18. The van der Waals surface area contributed by atoms with Gasteiger partial charge in [-0.15, -0.1) is 13.2 Å². The van der Waals surface area contributed by atoms with Crippen molar-refractivity contribution in [3.8, 4) is 57.1 Å². The van der Waals surface area contributed by atoms with Gasteiger partial charge < -0.3 is 32.9 Å². The third-order valence-corrected chi connectivity index (χ3v) is 7.05. The second-order valence-corrected chi connectivity index (χ2v) is 9.92. The Labute approximate surface area is 252 Å². The summed E-state index contributed by atoms with van der Waals surface area (Å²) in [5, 5.41) is 6.93. The quantitative estimate of drug-likeness (QED) is 0.171. The molecule has 15 heteroatoms. The highest BCUT2D eigenvalue weighted by Crippen LogP contribution is 2.42. The smallest absolute Gasteiger partial charge is 0.493 e. The van der Waals surface area contributed by atoms with E-state index < -0.39 is 18.9 Å². The Morgan fingerprint density at radius 2 is 1.57 bits per heavy atom. The van der Waals surface area contributed by atoms with Crippen LogP contribution in [0.5, 0.6) is 34.5 Å². The Kier molecular flexibility index (Phi) is 8.66. The summed E-state index contributed by atoms with van der Waals surface area (Å²) in [5.74, 6) is 1.45. The lowest BCUT2D eigenvalue weighted by Crippen LogP contribution is -2.20. The fraction of sp³-hybridized carbons (Fsp3) is 0.207. The minimum absolute atomic E-state index is 0.180. The van der Waals surface area contributed by atoms with Gasteiger partial charge in [0.1, 0.15) is 11.4 Å². The molecule has 44 heavy (non-hydrogen) atoms. The van der Waals surface area contributed by atoms with E-state index in [1.807, 2.05) is 0 Å². The fourth-order valence-electron chi connectivity index (χ4n) is 4.17. The third kappa shape index (κ3) is 6.72. The van der Waals surface area contributed by atoms with Gasteiger partial charge in [-0.05, 0) is 42.5 Å². The lowest BCUT2D eigenvalue weighted by atomic mass is 10.1. The third-order valence-electron chi connectivity index (χ3n) is 6.12. The highest BCUT2D eigenvalue weighted by Gasteiger charge is 2.31. The largest absolute Gasteiger partial charge is 0.573 e. The first-order chi connectivity index (χ1) is 21.1. The van der Waals surface area contributed by atoms with Gasteiger partial charge in [-0.3, -0.25) is 10.1 Å². The van der Waals surface area contributed by atoms with Gasteiger partial charge in [-0.25, -0.2) is 4.98 Å². The summed E-state index contributed by atoms with van der Waals surface area (Å²) in [6.45, 7) is -0.411. The SMILES string of the molecule is COc1ccc(-c2cc(-c3cc(OC)c(OC)c(OC)c3)no2)cc1OCC(=O)Nc1nc2ccc(OC(F)(F)F)cc2s1. The first-order valence-electron chi connectivity index (χ1n) is 12.6. The lowest BCUT2D eigenvalue weighted by molar-refractivity contribution is -0.274. The number of alkyl halides is 3. The first-order valence-corrected chi connectivity index (χ1v) is 13.5. The summed E-state index contributed by atoms with van der Waals surface area (Å²) in [6, 6.07) is 13.9. The molecular formula is C29H24F3N3O8S. The van der Waals surface area contributed by atoms with Gasteiger partial charge in [-0.2, -0.15) is 0 Å². The highest BCUT2D eigenvalue weighted by molar-refractivity contribution is 7.22. The second-order valence-electron chi connectivity index (χ2n) is 8.89. The molecule has 230 valence electrons. The zero-order valence-corrected chi connectivity index (χ0v) is 24.4. The number of anilines is 1. The number of carbonyl (C=O) groups excluding carboxylic acids is 1. The van der Waals surface area contributed by atoms with Crippen LogP contribution in [-0.2, 0) is 4.79 Å². The molecule has 0 aliphatic carbocycles. The number of thiazole rings is 1. The molecule has 0 bridgehead atoms. The molecule has 1 amide bonds. The zero-order valence-electron chi connectivity index (χ0n) is 23.6. The van der Waals surface area contributed by atoms with E-state index in [4.69, 9.17) is 28.2 Å². The van der Waals surface area contributed by atoms with Crippen molar-refractivity contribution in [3.05, 3.63) is 54.6 Å². The number of amides is 1. The van der Waals surface area contributed by atoms with E-state index in [0.717, 1.165) is 17.4 Å². The molecule has 0 atom stereocenters. The number of halogens is 3. The minimum Gasteiger partial charge on any atom is -0.493 e. The summed E-state index contributed by atoms with van der Waals surface area (Å²) in [7, 11) is 5.99. The van der Waals surface area contributed by atoms with Crippen molar-refractivity contribution >= 4 is 32.6 Å². The molecule has 0 aliphatic heterocycles. The van der Waals surface area contributed by atoms with Crippen molar-refractivity contribution in [1.29, 1.82) is 0 Å². The van der Waals surface area contributed by atoms with Gasteiger partial charge in [0.2, 0.25) is 5.75 Å². The van der Waals surface area contributed by atoms with Crippen LogP contribution in [0.4, 0.5) is 18.3 Å². The van der Waals surface area contributed by atoms with Crippen LogP contribution in [0.1, 0.15) is 0 Å². The molecular weight excluding hydrogens is 607 g/mol. The first kappa shape index (κ1) is 30.3. The molecule has 5 aromatic rings. The van der Waals surface area contributed by atoms with Crippen LogP contribution in [0.25, 0.3) is 32.8 Å². The summed E-state index contributed by atoms with van der Waals surface area (Å²) in [5.41, 5.74) is 2.16. The van der Waals surface area contributed by atoms with E-state index in [2.05, 4.69) is 20.2 Å². The zero-order chi connectivity index (χ0) is 31.4. The van der Waals surface area contributed by atoms with E-state index in [9.17, 15) is 18.0 Å². The summed E-state index contributed by atoms with van der Waals surface area (Å²) >= 11 is 0.989. The van der Waals surface area contributed by atoms with E-state index in [1.54, 1.807) is 36.4 Å². The van der Waals surface area contributed by atoms with Crippen LogP contribution in [0, 0.1) is 0 Å². The van der Waals surface area contributed by atoms with Crippen LogP contribution in [0.3, 0.4) is 0 Å². The maximum atomic E-state index is 12.6. The Bertz CT molecular complexity index is 1780. The van der Waals surface area contributed by atoms with E-state index in [1.165, 1.54) is 40.6 Å². The number of aromatic nitrogens is 2. The number of methoxy groups -OCH3 is 4. The second kappa shape index (κ2) is 12.6. The van der Waals surface area contributed by atoms with E-state index >= 15 is 0 Å². The number of rotatable bonds is 11. The van der Waals surface area contributed by atoms with Gasteiger partial charge >= 0.3 is 6.36 Å². The van der Waals surface area contributed by atoms with Crippen molar-refractivity contribution in [1.82, 2.24) is 10.1 Å². The lowest BCUT2D eigenvalue weighted by Gasteiger charge is -2.13. The van der Waals surface area contributed by atoms with Crippen LogP contribution in [0.2, 0.25) is 0 Å². The molecule has 5 rings (SSSR count). The monoisotopic (exact) mass is 631 g/mol. The molecule has 1 N–H and O–H groups in total. The van der Waals surface area contributed by atoms with Crippen LogP contribution in [0.15, 0.2) is 59.1 Å². The predicted molar refractivity (Wildman–Crippen MR) is 154 cm³/mol. The standard InChI is InChI=1S/C29H24F3N3O8S/c1-37-20-8-5-15(21-13-19(35-43-21)16-10-23(38-2)27(40-4)24(11-16)39-3)9-22(20)41-14-26(36)34-28-33-18-7-6-17(12-25(18)44-28)42-29(30,31)32/h5-13H,14H2,1-4H3,(H,33,34,36). The van der Waals surface area contributed by atoms with Crippen LogP contribution in [-0.4, -0.2) is 57.5 Å². The maximum absolute atomic E-state index is 12.6. The van der Waals surface area contributed by atoms with Crippen molar-refractivity contribution < 1.29 is 50.9 Å². The number of ether oxygens (including phenoxy) is 6. The van der Waals surface area contributed by atoms with Gasteiger partial charge in [0.15, 0.2) is 40.5 Å². The minimum atomic E-state index is -4.82. The number of fused-ring (bicyclic) bond motifs is 1. The molecule has 3 aromatic carbocycles. The Balaban J connectivity index is 1.30. The van der Waals surface area contributed by atoms with Crippen molar-refractivity contribution in [2.24, 2.45) is 0 Å². The molecule has 0 unspecified atom stereocenters. The molecule has 0 fully saturated rings. The molecule has 11 nitrogen and oxygen atoms in total. The number of benzene rings is 3. The average molecular weight is 632 g/mol. The molecule has 0 radical (unpaired) electrons. The molecule has 0 spiro atoms. The number of carbonyl (C=O) groups is 1. The predicted octanol–water partition coefficient (Wildman–Crippen LogP) is 6.57. The fourth-order valence-corrected chi connectivity index (χ4v) is 5.08. The van der Waals surface area contributed by atoms with E-state index in [0.29, 0.717) is 55.8 Å². The van der Waals surface area contributed by atoms with Crippen molar-refractivity contribution in [2.75, 3.05) is 40.4 Å². The normalized spacial score (nSPS) is 11.2. The number of hydrogen-bond acceptors (Lipinski definition) is 11. The Morgan fingerprint density at radius 3 is 2.23 bits per heavy atom. The van der Waals surface area contributed by atoms with Gasteiger partial charge in [0.05, 0.1) is 38.7 Å². The molecule has 0 aliphatic rings. The number of hydrogen-bond donors (Lipinski definition) is 1. The Morgan fingerprint density at radius 1 is 0.864 bits per heavy atom. The van der Waals surface area contributed by atoms with E-state index in [-0.39, 0.29) is 16.6 Å². The molecule has 2 heterocycles. The number of nitrogens with zero attached hydrogens (tertiary/aromatic N) is 2. The average Bonchev–Trinajstić information content (AvgIpc) is 3.65. The topological polar surface area (TPSA) is 123 Å². The van der Waals surface area contributed by atoms with Crippen molar-refractivity contribution in [3.63, 3.8) is 0 Å². The van der Waals surface area contributed by atoms with Crippen LogP contribution < -0.4 is 33.7 Å². The highest BCUT2D eigenvalue weighted by atomic mass is 32.1. The summed E-state index contributed by atoms with van der Waals surface area (Å²) in [4.78, 5) is 16.9. The molecule has 0 saturated heterocycles. The van der Waals surface area contributed by atoms with Crippen molar-refractivity contribution in [2.45, 2.75) is 6.36 Å². The summed E-state index contributed by atoms with van der Waals surface area (Å²) < 4.78 is 74.8. The molecule has 0 saturated carbocycles. The van der Waals surface area contributed by atoms with Gasteiger partial charge in [-0.1, -0.05) is 16.5 Å². The maximum Gasteiger partial charge on any atom is 0.573 e. The van der Waals surface area contributed by atoms with Gasteiger partial charge in [0.25, 0.3) is 5.91 Å². The number of nitrogens with one attached hydrogen (secondary N) is 1. The molecule has 2 aromatic heterocycles. The van der Waals surface area contributed by atoms with Gasteiger partial charge in [0, 0.05) is 23.3 Å². The van der Waals surface area contributed by atoms with Crippen LogP contribution >= 0.6 is 11.3 Å². The summed E-state index contributed by atoms with van der Waals surface area (Å²) in [6.07, 6.45) is -4.82.